The molecular formula is C14H13N5O2. The third kappa shape index (κ3) is 2.81. The fraction of sp³-hybridized carbons (Fsp3) is 0.143. The molecule has 0 radical (unpaired) electrons. The molecule has 0 aliphatic carbocycles. The Morgan fingerprint density at radius 3 is 3.00 bits per heavy atom. The molecule has 0 atom stereocenters. The smallest absolute Gasteiger partial charge is 0.255 e. The van der Waals surface area contributed by atoms with Crippen molar-refractivity contribution in [2.75, 3.05) is 5.32 Å². The van der Waals surface area contributed by atoms with Gasteiger partial charge < -0.3 is 10.3 Å². The number of aromatic nitrogens is 4. The van der Waals surface area contributed by atoms with Crippen molar-refractivity contribution in [2.24, 2.45) is 7.05 Å². The van der Waals surface area contributed by atoms with E-state index in [9.17, 15) is 9.59 Å². The molecule has 0 bridgehead atoms. The summed E-state index contributed by atoms with van der Waals surface area (Å²) in [5.74, 6) is -0.181. The lowest BCUT2D eigenvalue weighted by atomic mass is 10.1. The van der Waals surface area contributed by atoms with Crippen LogP contribution in [0, 0.1) is 0 Å². The maximum absolute atomic E-state index is 11.9. The molecular weight excluding hydrogens is 270 g/mol. The summed E-state index contributed by atoms with van der Waals surface area (Å²) in [7, 11) is 1.75. The van der Waals surface area contributed by atoms with E-state index in [1.165, 1.54) is 0 Å². The van der Waals surface area contributed by atoms with Crippen LogP contribution in [0.2, 0.25) is 0 Å². The van der Waals surface area contributed by atoms with Crippen LogP contribution in [0.1, 0.15) is 5.69 Å². The lowest BCUT2D eigenvalue weighted by Gasteiger charge is -2.05. The Hall–Kier alpha value is -2.96. The number of hydrogen-bond acceptors (Lipinski definition) is 4. The van der Waals surface area contributed by atoms with E-state index in [2.05, 4.69) is 20.6 Å². The van der Waals surface area contributed by atoms with Crippen molar-refractivity contribution in [1.29, 1.82) is 0 Å². The van der Waals surface area contributed by atoms with Crippen molar-refractivity contribution in [3.05, 3.63) is 52.7 Å². The number of pyridine rings is 1. The van der Waals surface area contributed by atoms with Crippen LogP contribution in [0.3, 0.4) is 0 Å². The number of amides is 1. The molecule has 0 aliphatic rings. The number of benzene rings is 1. The second-order valence-electron chi connectivity index (χ2n) is 4.72. The van der Waals surface area contributed by atoms with Crippen molar-refractivity contribution < 1.29 is 4.79 Å². The van der Waals surface area contributed by atoms with Crippen LogP contribution >= 0.6 is 0 Å². The average molecular weight is 283 g/mol. The molecule has 106 valence electrons. The minimum atomic E-state index is -0.181. The second-order valence-corrected chi connectivity index (χ2v) is 4.72. The summed E-state index contributed by atoms with van der Waals surface area (Å²) in [6.07, 6.45) is 3.43. The summed E-state index contributed by atoms with van der Waals surface area (Å²) < 4.78 is 1.55. The number of carbonyl (C=O) groups is 1. The van der Waals surface area contributed by atoms with Gasteiger partial charge in [0.05, 0.1) is 12.1 Å². The third-order valence-corrected chi connectivity index (χ3v) is 3.05. The zero-order valence-corrected chi connectivity index (χ0v) is 11.3. The first-order chi connectivity index (χ1) is 10.1. The summed E-state index contributed by atoms with van der Waals surface area (Å²) in [6, 6.07) is 6.94. The number of anilines is 1. The van der Waals surface area contributed by atoms with Crippen LogP contribution in [0.5, 0.6) is 0 Å². The molecule has 0 fully saturated rings. The van der Waals surface area contributed by atoms with Crippen LogP contribution in [0.15, 0.2) is 41.5 Å². The van der Waals surface area contributed by atoms with Crippen molar-refractivity contribution >= 4 is 22.4 Å². The van der Waals surface area contributed by atoms with E-state index in [-0.39, 0.29) is 17.9 Å². The van der Waals surface area contributed by atoms with E-state index in [1.54, 1.807) is 48.4 Å². The fourth-order valence-electron chi connectivity index (χ4n) is 2.12. The number of H-pyrrole nitrogens is 1. The first-order valence-corrected chi connectivity index (χ1v) is 6.38. The minimum absolute atomic E-state index is 0.148. The Bertz CT molecular complexity index is 865. The molecule has 1 aromatic carbocycles. The molecule has 7 heteroatoms. The van der Waals surface area contributed by atoms with Gasteiger partial charge in [0, 0.05) is 30.5 Å². The number of fused-ring (bicyclic) bond motifs is 1. The van der Waals surface area contributed by atoms with E-state index in [1.807, 2.05) is 0 Å². The van der Waals surface area contributed by atoms with E-state index >= 15 is 0 Å². The number of rotatable bonds is 3. The molecule has 0 saturated heterocycles. The predicted molar refractivity (Wildman–Crippen MR) is 77.9 cm³/mol. The summed E-state index contributed by atoms with van der Waals surface area (Å²) in [6.45, 7) is 0. The van der Waals surface area contributed by atoms with Gasteiger partial charge in [-0.05, 0) is 29.7 Å². The molecule has 21 heavy (non-hydrogen) atoms. The highest BCUT2D eigenvalue weighted by Gasteiger charge is 2.08. The largest absolute Gasteiger partial charge is 0.329 e. The Balaban J connectivity index is 1.78. The monoisotopic (exact) mass is 283 g/mol. The van der Waals surface area contributed by atoms with Gasteiger partial charge in [-0.2, -0.15) is 0 Å². The summed E-state index contributed by atoms with van der Waals surface area (Å²) >= 11 is 0. The summed E-state index contributed by atoms with van der Waals surface area (Å²) in [4.78, 5) is 26.1. The van der Waals surface area contributed by atoms with E-state index in [0.29, 0.717) is 16.8 Å². The van der Waals surface area contributed by atoms with Gasteiger partial charge in [-0.1, -0.05) is 5.21 Å². The number of carbonyl (C=O) groups excluding carboxylic acids is 1. The summed E-state index contributed by atoms with van der Waals surface area (Å²) in [5, 5.41) is 11.8. The van der Waals surface area contributed by atoms with Crippen molar-refractivity contribution in [3.63, 3.8) is 0 Å². The highest BCUT2D eigenvalue weighted by Crippen LogP contribution is 2.16. The van der Waals surface area contributed by atoms with E-state index in [0.717, 1.165) is 5.39 Å². The lowest BCUT2D eigenvalue weighted by Crippen LogP contribution is -2.15. The molecule has 1 amide bonds. The van der Waals surface area contributed by atoms with Crippen LogP contribution < -0.4 is 10.9 Å². The quantitative estimate of drug-likeness (QED) is 0.745. The molecule has 0 saturated carbocycles. The number of aryl methyl sites for hydroxylation is 1. The van der Waals surface area contributed by atoms with Crippen LogP contribution in [0.25, 0.3) is 10.8 Å². The fourth-order valence-corrected chi connectivity index (χ4v) is 2.12. The van der Waals surface area contributed by atoms with E-state index < -0.39 is 0 Å². The molecule has 7 nitrogen and oxygen atoms in total. The van der Waals surface area contributed by atoms with Crippen molar-refractivity contribution in [3.8, 4) is 0 Å². The van der Waals surface area contributed by atoms with Gasteiger partial charge >= 0.3 is 0 Å². The highest BCUT2D eigenvalue weighted by atomic mass is 16.1. The Morgan fingerprint density at radius 2 is 2.24 bits per heavy atom. The molecule has 0 unspecified atom stereocenters. The van der Waals surface area contributed by atoms with Crippen molar-refractivity contribution in [2.45, 2.75) is 6.42 Å². The van der Waals surface area contributed by atoms with Gasteiger partial charge in [-0.25, -0.2) is 0 Å². The lowest BCUT2D eigenvalue weighted by molar-refractivity contribution is -0.115. The standard InChI is InChI=1S/C14H13N5O2/c1-19-8-11(17-18-19)7-13(20)16-10-2-3-12-9(6-10)4-5-15-14(12)21/h2-6,8H,7H2,1H3,(H,15,21)(H,16,20). The first-order valence-electron chi connectivity index (χ1n) is 6.38. The maximum Gasteiger partial charge on any atom is 0.255 e. The Labute approximate surface area is 119 Å². The number of nitrogens with one attached hydrogen (secondary N) is 2. The third-order valence-electron chi connectivity index (χ3n) is 3.05. The molecule has 3 rings (SSSR count). The van der Waals surface area contributed by atoms with Gasteiger partial charge in [0.1, 0.15) is 0 Å². The van der Waals surface area contributed by atoms with Gasteiger partial charge in [0.2, 0.25) is 5.91 Å². The maximum atomic E-state index is 11.9. The number of hydrogen-bond donors (Lipinski definition) is 2. The Kier molecular flexibility index (Phi) is 3.23. The van der Waals surface area contributed by atoms with Gasteiger partial charge in [0.25, 0.3) is 5.56 Å². The first kappa shape index (κ1) is 13.0. The number of nitrogens with zero attached hydrogens (tertiary/aromatic N) is 3. The predicted octanol–water partition coefficient (Wildman–Crippen LogP) is 0.838. The van der Waals surface area contributed by atoms with Crippen LogP contribution in [0.4, 0.5) is 5.69 Å². The number of aromatic amines is 1. The van der Waals surface area contributed by atoms with Gasteiger partial charge in [0.15, 0.2) is 0 Å². The van der Waals surface area contributed by atoms with Gasteiger partial charge in [-0.3, -0.25) is 14.3 Å². The minimum Gasteiger partial charge on any atom is -0.329 e. The Morgan fingerprint density at radius 1 is 1.38 bits per heavy atom. The normalized spacial score (nSPS) is 10.7. The molecule has 0 aliphatic heterocycles. The van der Waals surface area contributed by atoms with Gasteiger partial charge in [-0.15, -0.1) is 5.10 Å². The zero-order chi connectivity index (χ0) is 14.8. The molecule has 2 heterocycles. The van der Waals surface area contributed by atoms with Crippen LogP contribution in [-0.4, -0.2) is 25.9 Å². The average Bonchev–Trinajstić information content (AvgIpc) is 2.84. The molecule has 0 spiro atoms. The second kappa shape index (κ2) is 5.20. The highest BCUT2D eigenvalue weighted by molar-refractivity contribution is 5.94. The molecule has 2 N–H and O–H groups in total. The van der Waals surface area contributed by atoms with Crippen molar-refractivity contribution in [1.82, 2.24) is 20.0 Å². The molecule has 2 aromatic heterocycles. The summed E-state index contributed by atoms with van der Waals surface area (Å²) in [5.41, 5.74) is 1.10. The molecule has 3 aromatic rings. The SMILES string of the molecule is Cn1cc(CC(=O)Nc2ccc3c(=O)[nH]ccc3c2)nn1. The topological polar surface area (TPSA) is 92.7 Å². The van der Waals surface area contributed by atoms with E-state index in [4.69, 9.17) is 0 Å². The van der Waals surface area contributed by atoms with Crippen LogP contribution in [-0.2, 0) is 18.3 Å². The zero-order valence-electron chi connectivity index (χ0n) is 11.3.